The van der Waals surface area contributed by atoms with Crippen molar-refractivity contribution >= 4 is 11.9 Å². The summed E-state index contributed by atoms with van der Waals surface area (Å²) in [6.45, 7) is 15.0. The zero-order chi connectivity index (χ0) is 18.5. The van der Waals surface area contributed by atoms with Crippen molar-refractivity contribution in [1.29, 1.82) is 0 Å². The highest BCUT2D eigenvalue weighted by Crippen LogP contribution is 1.99. The van der Waals surface area contributed by atoms with Crippen LogP contribution < -0.4 is 5.32 Å². The van der Waals surface area contributed by atoms with Crippen LogP contribution in [0, 0.1) is 0 Å². The molecule has 142 valence electrons. The second-order valence-electron chi connectivity index (χ2n) is 6.44. The van der Waals surface area contributed by atoms with Gasteiger partial charge in [-0.2, -0.15) is 0 Å². The third kappa shape index (κ3) is 9.11. The SMILES string of the molecule is CCNC(=NCCCCN(C)C(C)C)N(C)CC(=O)N(CC)CC. The fraction of sp³-hybridized carbons (Fsp3) is 0.889. The van der Waals surface area contributed by atoms with E-state index in [4.69, 9.17) is 0 Å². The number of rotatable bonds is 11. The predicted molar refractivity (Wildman–Crippen MR) is 104 cm³/mol. The third-order valence-corrected chi connectivity index (χ3v) is 4.25. The number of carbonyl (C=O) groups is 1. The Labute approximate surface area is 149 Å². The van der Waals surface area contributed by atoms with Crippen LogP contribution in [0.4, 0.5) is 0 Å². The summed E-state index contributed by atoms with van der Waals surface area (Å²) in [5.41, 5.74) is 0. The number of likely N-dealkylation sites (N-methyl/N-ethyl adjacent to an activating group) is 2. The van der Waals surface area contributed by atoms with E-state index in [0.717, 1.165) is 51.5 Å². The number of hydrogen-bond donors (Lipinski definition) is 1. The Bertz CT molecular complexity index is 366. The van der Waals surface area contributed by atoms with Gasteiger partial charge in [0.25, 0.3) is 0 Å². The van der Waals surface area contributed by atoms with Crippen molar-refractivity contribution in [1.82, 2.24) is 20.0 Å². The van der Waals surface area contributed by atoms with Crippen molar-refractivity contribution in [3.63, 3.8) is 0 Å². The van der Waals surface area contributed by atoms with E-state index < -0.39 is 0 Å². The van der Waals surface area contributed by atoms with Crippen molar-refractivity contribution < 1.29 is 4.79 Å². The molecule has 0 rings (SSSR count). The van der Waals surface area contributed by atoms with E-state index in [1.54, 1.807) is 0 Å². The van der Waals surface area contributed by atoms with Gasteiger partial charge >= 0.3 is 0 Å². The van der Waals surface area contributed by atoms with Crippen LogP contribution in [0.5, 0.6) is 0 Å². The third-order valence-electron chi connectivity index (χ3n) is 4.25. The smallest absolute Gasteiger partial charge is 0.242 e. The van der Waals surface area contributed by atoms with E-state index >= 15 is 0 Å². The topological polar surface area (TPSA) is 51.2 Å². The molecule has 0 aliphatic heterocycles. The minimum atomic E-state index is 0.145. The van der Waals surface area contributed by atoms with Crippen molar-refractivity contribution in [2.24, 2.45) is 4.99 Å². The van der Waals surface area contributed by atoms with Gasteiger partial charge in [0.05, 0.1) is 6.54 Å². The number of guanidine groups is 1. The molecule has 1 N–H and O–H groups in total. The minimum Gasteiger partial charge on any atom is -0.357 e. The standard InChI is InChI=1S/C18H39N5O/c1-8-19-18(20-13-11-12-14-21(6)16(4)5)22(7)15-17(24)23(9-2)10-3/h16H,8-15H2,1-7H3,(H,19,20). The van der Waals surface area contributed by atoms with Crippen LogP contribution in [0.25, 0.3) is 0 Å². The highest BCUT2D eigenvalue weighted by molar-refractivity contribution is 5.86. The lowest BCUT2D eigenvalue weighted by atomic mass is 10.2. The van der Waals surface area contributed by atoms with Crippen molar-refractivity contribution in [2.75, 3.05) is 53.4 Å². The van der Waals surface area contributed by atoms with E-state index in [-0.39, 0.29) is 5.91 Å². The maximum atomic E-state index is 12.2. The molecule has 0 aromatic heterocycles. The first kappa shape index (κ1) is 22.7. The van der Waals surface area contributed by atoms with E-state index in [1.807, 2.05) is 37.6 Å². The molecule has 0 aromatic carbocycles. The molecule has 0 bridgehead atoms. The zero-order valence-electron chi connectivity index (χ0n) is 16.9. The average Bonchev–Trinajstić information content (AvgIpc) is 2.54. The number of nitrogens with one attached hydrogen (secondary N) is 1. The molecule has 0 aromatic rings. The molecule has 0 radical (unpaired) electrons. The van der Waals surface area contributed by atoms with E-state index in [2.05, 4.69) is 36.1 Å². The molecule has 0 saturated heterocycles. The normalized spacial score (nSPS) is 12.0. The minimum absolute atomic E-state index is 0.145. The zero-order valence-corrected chi connectivity index (χ0v) is 16.9. The highest BCUT2D eigenvalue weighted by atomic mass is 16.2. The molecule has 0 aliphatic carbocycles. The molecule has 24 heavy (non-hydrogen) atoms. The quantitative estimate of drug-likeness (QED) is 0.354. The number of carbonyl (C=O) groups excluding carboxylic acids is 1. The van der Waals surface area contributed by atoms with Crippen LogP contribution in [0.2, 0.25) is 0 Å². The van der Waals surface area contributed by atoms with E-state index in [0.29, 0.717) is 12.6 Å². The molecular formula is C18H39N5O. The number of amides is 1. The molecule has 6 nitrogen and oxygen atoms in total. The molecule has 0 saturated carbocycles. The maximum absolute atomic E-state index is 12.2. The van der Waals surface area contributed by atoms with Gasteiger partial charge in [-0.3, -0.25) is 9.79 Å². The van der Waals surface area contributed by atoms with Gasteiger partial charge in [-0.15, -0.1) is 0 Å². The lowest BCUT2D eigenvalue weighted by molar-refractivity contribution is -0.131. The van der Waals surface area contributed by atoms with Crippen LogP contribution in [-0.2, 0) is 4.79 Å². The largest absolute Gasteiger partial charge is 0.357 e. The number of hydrogen-bond acceptors (Lipinski definition) is 3. The molecular weight excluding hydrogens is 302 g/mol. The average molecular weight is 342 g/mol. The molecule has 0 heterocycles. The lowest BCUT2D eigenvalue weighted by Crippen LogP contribution is -2.45. The predicted octanol–water partition coefficient (Wildman–Crippen LogP) is 1.87. The fourth-order valence-corrected chi connectivity index (χ4v) is 2.34. The Morgan fingerprint density at radius 2 is 1.71 bits per heavy atom. The van der Waals surface area contributed by atoms with Crippen LogP contribution in [0.1, 0.15) is 47.5 Å². The summed E-state index contributed by atoms with van der Waals surface area (Å²) < 4.78 is 0. The monoisotopic (exact) mass is 341 g/mol. The van der Waals surface area contributed by atoms with Crippen LogP contribution in [0.3, 0.4) is 0 Å². The molecule has 1 amide bonds. The maximum Gasteiger partial charge on any atom is 0.242 e. The van der Waals surface area contributed by atoms with Gasteiger partial charge < -0.3 is 20.0 Å². The number of nitrogens with zero attached hydrogens (tertiary/aromatic N) is 4. The van der Waals surface area contributed by atoms with Crippen molar-refractivity contribution in [3.05, 3.63) is 0 Å². The lowest BCUT2D eigenvalue weighted by Gasteiger charge is -2.25. The highest BCUT2D eigenvalue weighted by Gasteiger charge is 2.14. The summed E-state index contributed by atoms with van der Waals surface area (Å²) in [6, 6.07) is 0.586. The molecule has 0 atom stereocenters. The summed E-state index contributed by atoms with van der Waals surface area (Å²) >= 11 is 0. The first-order chi connectivity index (χ1) is 11.4. The first-order valence-corrected chi connectivity index (χ1v) is 9.34. The number of unbranched alkanes of at least 4 members (excludes halogenated alkanes) is 1. The Kier molecular flexibility index (Phi) is 12.3. The second kappa shape index (κ2) is 13.0. The summed E-state index contributed by atoms with van der Waals surface area (Å²) in [5, 5.41) is 3.28. The summed E-state index contributed by atoms with van der Waals surface area (Å²) in [7, 11) is 4.08. The Balaban J connectivity index is 4.42. The summed E-state index contributed by atoms with van der Waals surface area (Å²) in [6.07, 6.45) is 2.20. The van der Waals surface area contributed by atoms with Gasteiger partial charge in [-0.25, -0.2) is 0 Å². The Morgan fingerprint density at radius 3 is 2.21 bits per heavy atom. The Hall–Kier alpha value is -1.30. The first-order valence-electron chi connectivity index (χ1n) is 9.34. The van der Waals surface area contributed by atoms with Gasteiger partial charge in [0.1, 0.15) is 0 Å². The van der Waals surface area contributed by atoms with Gasteiger partial charge in [-0.1, -0.05) is 0 Å². The van der Waals surface area contributed by atoms with Crippen LogP contribution >= 0.6 is 0 Å². The molecule has 0 spiro atoms. The van der Waals surface area contributed by atoms with Crippen LogP contribution in [-0.4, -0.2) is 86.0 Å². The van der Waals surface area contributed by atoms with E-state index in [9.17, 15) is 4.79 Å². The van der Waals surface area contributed by atoms with Crippen LogP contribution in [0.15, 0.2) is 4.99 Å². The van der Waals surface area contributed by atoms with Gasteiger partial charge in [0.2, 0.25) is 5.91 Å². The Morgan fingerprint density at radius 1 is 1.08 bits per heavy atom. The second-order valence-corrected chi connectivity index (χ2v) is 6.44. The van der Waals surface area contributed by atoms with Gasteiger partial charge in [0, 0.05) is 39.3 Å². The van der Waals surface area contributed by atoms with Gasteiger partial charge in [-0.05, 0) is 61.1 Å². The number of aliphatic imine (C=N–C) groups is 1. The van der Waals surface area contributed by atoms with Crippen molar-refractivity contribution in [2.45, 2.75) is 53.5 Å². The summed E-state index contributed by atoms with van der Waals surface area (Å²) in [4.78, 5) is 23.0. The molecule has 0 unspecified atom stereocenters. The summed E-state index contributed by atoms with van der Waals surface area (Å²) in [5.74, 6) is 0.960. The molecule has 0 aliphatic rings. The van der Waals surface area contributed by atoms with E-state index in [1.165, 1.54) is 0 Å². The fourth-order valence-electron chi connectivity index (χ4n) is 2.34. The van der Waals surface area contributed by atoms with Gasteiger partial charge in [0.15, 0.2) is 5.96 Å². The van der Waals surface area contributed by atoms with Crippen molar-refractivity contribution in [3.8, 4) is 0 Å². The molecule has 0 fully saturated rings. The molecule has 6 heteroatoms.